The van der Waals surface area contributed by atoms with E-state index in [-0.39, 0.29) is 6.04 Å². The second-order valence-corrected chi connectivity index (χ2v) is 5.13. The van der Waals surface area contributed by atoms with Gasteiger partial charge in [-0.1, -0.05) is 41.4 Å². The van der Waals surface area contributed by atoms with Gasteiger partial charge in [-0.15, -0.1) is 0 Å². The van der Waals surface area contributed by atoms with Gasteiger partial charge in [0.2, 0.25) is 0 Å². The number of hydrogen-bond acceptors (Lipinski definition) is 2. The summed E-state index contributed by atoms with van der Waals surface area (Å²) in [7, 11) is 1.91. The summed E-state index contributed by atoms with van der Waals surface area (Å²) in [5, 5.41) is 4.31. The lowest BCUT2D eigenvalue weighted by Gasteiger charge is -2.16. The van der Waals surface area contributed by atoms with Crippen molar-refractivity contribution < 1.29 is 4.74 Å². The van der Waals surface area contributed by atoms with E-state index in [2.05, 4.69) is 12.2 Å². The van der Waals surface area contributed by atoms with Crippen LogP contribution in [0.1, 0.15) is 18.5 Å². The standard InChI is InChI=1S/C15H15Cl2NO/c1-10(18-2)14-5-3-4-6-15(14)19-13-8-11(16)7-12(17)9-13/h3-10,18H,1-2H3. The van der Waals surface area contributed by atoms with Crippen LogP contribution in [0.25, 0.3) is 0 Å². The zero-order valence-corrected chi connectivity index (χ0v) is 12.3. The zero-order chi connectivity index (χ0) is 13.8. The van der Waals surface area contributed by atoms with Gasteiger partial charge in [0.05, 0.1) is 0 Å². The maximum atomic E-state index is 5.97. The monoisotopic (exact) mass is 295 g/mol. The normalized spacial score (nSPS) is 12.2. The van der Waals surface area contributed by atoms with Crippen LogP contribution in [0, 0.1) is 0 Å². The Morgan fingerprint density at radius 3 is 2.32 bits per heavy atom. The van der Waals surface area contributed by atoms with E-state index in [1.165, 1.54) is 0 Å². The second kappa shape index (κ2) is 6.29. The lowest BCUT2D eigenvalue weighted by Crippen LogP contribution is -2.13. The summed E-state index contributed by atoms with van der Waals surface area (Å²) in [6.07, 6.45) is 0. The number of benzene rings is 2. The third-order valence-corrected chi connectivity index (χ3v) is 3.32. The Kier molecular flexibility index (Phi) is 4.70. The van der Waals surface area contributed by atoms with Crippen molar-refractivity contribution in [1.82, 2.24) is 5.32 Å². The highest BCUT2D eigenvalue weighted by Gasteiger charge is 2.10. The predicted octanol–water partition coefficient (Wildman–Crippen LogP) is 5.07. The number of para-hydroxylation sites is 1. The summed E-state index contributed by atoms with van der Waals surface area (Å²) in [5.74, 6) is 1.43. The SMILES string of the molecule is CNC(C)c1ccccc1Oc1cc(Cl)cc(Cl)c1. The molecular weight excluding hydrogens is 281 g/mol. The summed E-state index contributed by atoms with van der Waals surface area (Å²) < 4.78 is 5.89. The first-order valence-corrected chi connectivity index (χ1v) is 6.76. The molecule has 0 amide bonds. The first-order chi connectivity index (χ1) is 9.10. The van der Waals surface area contributed by atoms with Crippen LogP contribution >= 0.6 is 23.2 Å². The number of hydrogen-bond donors (Lipinski definition) is 1. The van der Waals surface area contributed by atoms with Crippen molar-refractivity contribution in [3.8, 4) is 11.5 Å². The fourth-order valence-electron chi connectivity index (χ4n) is 1.80. The van der Waals surface area contributed by atoms with E-state index in [1.54, 1.807) is 18.2 Å². The van der Waals surface area contributed by atoms with Gasteiger partial charge in [-0.2, -0.15) is 0 Å². The van der Waals surface area contributed by atoms with Crippen LogP contribution in [0.2, 0.25) is 10.0 Å². The van der Waals surface area contributed by atoms with Crippen LogP contribution in [0.15, 0.2) is 42.5 Å². The van der Waals surface area contributed by atoms with E-state index in [4.69, 9.17) is 27.9 Å². The Bertz CT molecular complexity index is 552. The Morgan fingerprint density at radius 2 is 1.68 bits per heavy atom. The summed E-state index contributed by atoms with van der Waals surface area (Å²) in [5.41, 5.74) is 1.08. The van der Waals surface area contributed by atoms with Crippen LogP contribution in [-0.4, -0.2) is 7.05 Å². The van der Waals surface area contributed by atoms with E-state index in [1.807, 2.05) is 31.3 Å². The molecule has 0 aliphatic heterocycles. The van der Waals surface area contributed by atoms with Crippen molar-refractivity contribution in [3.63, 3.8) is 0 Å². The fourth-order valence-corrected chi connectivity index (χ4v) is 2.31. The molecule has 0 heterocycles. The number of ether oxygens (including phenoxy) is 1. The molecule has 2 rings (SSSR count). The molecule has 4 heteroatoms. The molecular formula is C15H15Cl2NO. The highest BCUT2D eigenvalue weighted by Crippen LogP contribution is 2.32. The van der Waals surface area contributed by atoms with Crippen molar-refractivity contribution in [2.75, 3.05) is 7.05 Å². The van der Waals surface area contributed by atoms with Crippen molar-refractivity contribution >= 4 is 23.2 Å². The zero-order valence-electron chi connectivity index (χ0n) is 10.8. The third kappa shape index (κ3) is 3.63. The molecule has 0 radical (unpaired) electrons. The van der Waals surface area contributed by atoms with E-state index in [9.17, 15) is 0 Å². The molecule has 0 aliphatic carbocycles. The molecule has 0 bridgehead atoms. The summed E-state index contributed by atoms with van der Waals surface area (Å²) in [4.78, 5) is 0. The molecule has 2 aromatic carbocycles. The summed E-state index contributed by atoms with van der Waals surface area (Å²) >= 11 is 11.9. The predicted molar refractivity (Wildman–Crippen MR) is 80.5 cm³/mol. The van der Waals surface area contributed by atoms with Crippen LogP contribution < -0.4 is 10.1 Å². The molecule has 1 unspecified atom stereocenters. The summed E-state index contributed by atoms with van der Waals surface area (Å²) in [6, 6.07) is 13.3. The molecule has 0 aromatic heterocycles. The first-order valence-electron chi connectivity index (χ1n) is 6.00. The Labute approximate surface area is 123 Å². The number of rotatable bonds is 4. The molecule has 0 saturated carbocycles. The number of halogens is 2. The minimum atomic E-state index is 0.200. The molecule has 0 saturated heterocycles. The van der Waals surface area contributed by atoms with Gasteiger partial charge in [0.15, 0.2) is 0 Å². The molecule has 0 fully saturated rings. The van der Waals surface area contributed by atoms with E-state index in [0.29, 0.717) is 15.8 Å². The topological polar surface area (TPSA) is 21.3 Å². The van der Waals surface area contributed by atoms with Gasteiger partial charge in [0.1, 0.15) is 11.5 Å². The lowest BCUT2D eigenvalue weighted by atomic mass is 10.1. The van der Waals surface area contributed by atoms with Gasteiger partial charge < -0.3 is 10.1 Å². The minimum absolute atomic E-state index is 0.200. The van der Waals surface area contributed by atoms with Crippen LogP contribution in [0.5, 0.6) is 11.5 Å². The van der Waals surface area contributed by atoms with Gasteiger partial charge in [-0.25, -0.2) is 0 Å². The maximum absolute atomic E-state index is 5.97. The Morgan fingerprint density at radius 1 is 1.05 bits per heavy atom. The minimum Gasteiger partial charge on any atom is -0.457 e. The van der Waals surface area contributed by atoms with Gasteiger partial charge in [0, 0.05) is 21.7 Å². The Balaban J connectivity index is 2.32. The van der Waals surface area contributed by atoms with Crippen LogP contribution in [0.3, 0.4) is 0 Å². The van der Waals surface area contributed by atoms with Crippen LogP contribution in [-0.2, 0) is 0 Å². The van der Waals surface area contributed by atoms with Crippen molar-refractivity contribution in [2.24, 2.45) is 0 Å². The average molecular weight is 296 g/mol. The van der Waals surface area contributed by atoms with Gasteiger partial charge in [0.25, 0.3) is 0 Å². The molecule has 19 heavy (non-hydrogen) atoms. The largest absolute Gasteiger partial charge is 0.457 e. The lowest BCUT2D eigenvalue weighted by molar-refractivity contribution is 0.466. The van der Waals surface area contributed by atoms with Gasteiger partial charge in [-0.3, -0.25) is 0 Å². The molecule has 2 nitrogen and oxygen atoms in total. The van der Waals surface area contributed by atoms with Gasteiger partial charge >= 0.3 is 0 Å². The summed E-state index contributed by atoms with van der Waals surface area (Å²) in [6.45, 7) is 2.08. The number of nitrogens with one attached hydrogen (secondary N) is 1. The van der Waals surface area contributed by atoms with Crippen LogP contribution in [0.4, 0.5) is 0 Å². The average Bonchev–Trinajstić information content (AvgIpc) is 2.37. The van der Waals surface area contributed by atoms with Crippen molar-refractivity contribution in [3.05, 3.63) is 58.1 Å². The smallest absolute Gasteiger partial charge is 0.132 e. The Hall–Kier alpha value is -1.22. The van der Waals surface area contributed by atoms with Crippen molar-refractivity contribution in [2.45, 2.75) is 13.0 Å². The molecule has 0 spiro atoms. The molecule has 1 atom stereocenters. The van der Waals surface area contributed by atoms with Gasteiger partial charge in [-0.05, 0) is 38.2 Å². The van der Waals surface area contributed by atoms with E-state index < -0.39 is 0 Å². The second-order valence-electron chi connectivity index (χ2n) is 4.26. The third-order valence-electron chi connectivity index (χ3n) is 2.88. The highest BCUT2D eigenvalue weighted by molar-refractivity contribution is 6.34. The maximum Gasteiger partial charge on any atom is 0.132 e. The van der Waals surface area contributed by atoms with E-state index >= 15 is 0 Å². The highest BCUT2D eigenvalue weighted by atomic mass is 35.5. The molecule has 100 valence electrons. The first kappa shape index (κ1) is 14.2. The molecule has 2 aromatic rings. The molecule has 0 aliphatic rings. The van der Waals surface area contributed by atoms with E-state index in [0.717, 1.165) is 11.3 Å². The fraction of sp³-hybridized carbons (Fsp3) is 0.200. The molecule has 1 N–H and O–H groups in total. The van der Waals surface area contributed by atoms with Crippen molar-refractivity contribution in [1.29, 1.82) is 0 Å². The quantitative estimate of drug-likeness (QED) is 0.850.